The monoisotopic (exact) mass is 331 g/mol. The fourth-order valence-corrected chi connectivity index (χ4v) is 3.84. The number of aromatic nitrogens is 1. The van der Waals surface area contributed by atoms with Crippen molar-refractivity contribution >= 4 is 17.7 Å². The van der Waals surface area contributed by atoms with Gasteiger partial charge in [0.25, 0.3) is 5.91 Å². The number of nitrogens with zero attached hydrogens (tertiary/aromatic N) is 2. The third-order valence-corrected chi connectivity index (χ3v) is 5.55. The second kappa shape index (κ2) is 6.42. The third kappa shape index (κ3) is 2.85. The highest BCUT2D eigenvalue weighted by molar-refractivity contribution is 6.09. The fourth-order valence-electron chi connectivity index (χ4n) is 3.84. The molecule has 1 aliphatic heterocycles. The van der Waals surface area contributed by atoms with E-state index in [9.17, 15) is 14.4 Å². The van der Waals surface area contributed by atoms with Crippen LogP contribution in [-0.2, 0) is 11.8 Å². The van der Waals surface area contributed by atoms with Gasteiger partial charge in [0.15, 0.2) is 5.78 Å². The van der Waals surface area contributed by atoms with Crippen LogP contribution in [0.15, 0.2) is 6.07 Å². The fraction of sp³-hybridized carbons (Fsp3) is 0.611. The van der Waals surface area contributed by atoms with E-state index in [-0.39, 0.29) is 24.2 Å². The molecule has 0 radical (unpaired) electrons. The maximum absolute atomic E-state index is 12.6. The highest BCUT2D eigenvalue weighted by Gasteiger charge is 2.43. The van der Waals surface area contributed by atoms with Crippen molar-refractivity contribution in [3.8, 4) is 0 Å². The minimum Gasteiger partial charge on any atom is -0.351 e. The predicted molar refractivity (Wildman–Crippen MR) is 89.8 cm³/mol. The summed E-state index contributed by atoms with van der Waals surface area (Å²) in [5.41, 5.74) is 2.42. The zero-order chi connectivity index (χ0) is 17.4. The minimum atomic E-state index is -0.454. The molecule has 2 fully saturated rings. The van der Waals surface area contributed by atoms with E-state index >= 15 is 0 Å². The van der Waals surface area contributed by atoms with Crippen molar-refractivity contribution < 1.29 is 14.4 Å². The van der Waals surface area contributed by atoms with Crippen molar-refractivity contribution in [3.63, 3.8) is 0 Å². The summed E-state index contributed by atoms with van der Waals surface area (Å²) in [6, 6.07) is 0.924. The van der Waals surface area contributed by atoms with Gasteiger partial charge in [-0.25, -0.2) is 4.79 Å². The summed E-state index contributed by atoms with van der Waals surface area (Å²) in [4.78, 5) is 38.5. The largest absolute Gasteiger partial charge is 0.351 e. The maximum Gasteiger partial charge on any atom is 0.325 e. The number of aryl methyl sites for hydroxylation is 1. The molecule has 6 nitrogen and oxygen atoms in total. The Morgan fingerprint density at radius 1 is 1.21 bits per heavy atom. The van der Waals surface area contributed by atoms with E-state index in [4.69, 9.17) is 0 Å². The van der Waals surface area contributed by atoms with Crippen molar-refractivity contribution in [3.05, 3.63) is 23.0 Å². The molecule has 1 saturated carbocycles. The number of carbonyl (C=O) groups is 3. The number of hydrogen-bond donors (Lipinski definition) is 1. The molecule has 0 bridgehead atoms. The predicted octanol–water partition coefficient (Wildman–Crippen LogP) is 2.33. The van der Waals surface area contributed by atoms with Crippen LogP contribution in [0, 0.1) is 19.8 Å². The molecule has 1 aliphatic carbocycles. The molecule has 2 aliphatic rings. The quantitative estimate of drug-likeness (QED) is 0.680. The molecule has 1 atom stereocenters. The summed E-state index contributed by atoms with van der Waals surface area (Å²) in [5, 5.41) is 2.79. The average molecular weight is 331 g/mol. The standard InChI is InChI=1S/C18H25N3O3/c1-11-9-14(12(2)20(11)3)15(22)10-21-17(23)16(19-18(21)24)13-7-5-4-6-8-13/h9,13,16H,4-8,10H2,1-3H3,(H,19,24)/t16-/m0/s1. The number of hydrogen-bond acceptors (Lipinski definition) is 3. The Balaban J connectivity index is 1.72. The summed E-state index contributed by atoms with van der Waals surface area (Å²) >= 11 is 0. The summed E-state index contributed by atoms with van der Waals surface area (Å²) in [6.45, 7) is 3.62. The lowest BCUT2D eigenvalue weighted by atomic mass is 9.84. The minimum absolute atomic E-state index is 0.182. The van der Waals surface area contributed by atoms with Crippen LogP contribution in [0.4, 0.5) is 4.79 Å². The molecule has 0 spiro atoms. The molecule has 24 heavy (non-hydrogen) atoms. The van der Waals surface area contributed by atoms with Crippen LogP contribution in [0.2, 0.25) is 0 Å². The lowest BCUT2D eigenvalue weighted by molar-refractivity contribution is -0.128. The van der Waals surface area contributed by atoms with Crippen LogP contribution in [0.5, 0.6) is 0 Å². The van der Waals surface area contributed by atoms with Gasteiger partial charge in [0, 0.05) is 24.0 Å². The molecule has 2 heterocycles. The lowest BCUT2D eigenvalue weighted by Crippen LogP contribution is -2.39. The maximum atomic E-state index is 12.6. The van der Waals surface area contributed by atoms with Crippen LogP contribution in [0.1, 0.15) is 53.8 Å². The molecule has 1 aromatic rings. The number of amides is 3. The van der Waals surface area contributed by atoms with E-state index in [2.05, 4.69) is 5.32 Å². The van der Waals surface area contributed by atoms with E-state index in [0.717, 1.165) is 42.0 Å². The van der Waals surface area contributed by atoms with E-state index < -0.39 is 12.1 Å². The number of imide groups is 1. The van der Waals surface area contributed by atoms with Crippen LogP contribution in [0.25, 0.3) is 0 Å². The molecule has 1 aromatic heterocycles. The van der Waals surface area contributed by atoms with Gasteiger partial charge >= 0.3 is 6.03 Å². The van der Waals surface area contributed by atoms with Crippen LogP contribution >= 0.6 is 0 Å². The van der Waals surface area contributed by atoms with Gasteiger partial charge in [0.1, 0.15) is 6.04 Å². The van der Waals surface area contributed by atoms with Crippen LogP contribution < -0.4 is 5.32 Å². The molecular formula is C18H25N3O3. The summed E-state index contributed by atoms with van der Waals surface area (Å²) in [5.74, 6) is -0.231. The number of rotatable bonds is 4. The van der Waals surface area contributed by atoms with Crippen molar-refractivity contribution in [1.82, 2.24) is 14.8 Å². The zero-order valence-electron chi connectivity index (χ0n) is 14.6. The SMILES string of the molecule is Cc1cc(C(=O)CN2C(=O)N[C@@H](C3CCCCC3)C2=O)c(C)n1C. The molecular weight excluding hydrogens is 306 g/mol. The van der Waals surface area contributed by atoms with E-state index in [0.29, 0.717) is 5.56 Å². The Morgan fingerprint density at radius 2 is 1.88 bits per heavy atom. The summed E-state index contributed by atoms with van der Waals surface area (Å²) < 4.78 is 1.93. The average Bonchev–Trinajstić information content (AvgIpc) is 3.00. The van der Waals surface area contributed by atoms with Crippen LogP contribution in [0.3, 0.4) is 0 Å². The van der Waals surface area contributed by atoms with E-state index in [1.807, 2.05) is 31.5 Å². The highest BCUT2D eigenvalue weighted by atomic mass is 16.2. The molecule has 1 saturated heterocycles. The molecule has 3 amide bonds. The first-order valence-electron chi connectivity index (χ1n) is 8.68. The van der Waals surface area contributed by atoms with Gasteiger partial charge in [0.05, 0.1) is 6.54 Å². The zero-order valence-corrected chi connectivity index (χ0v) is 14.6. The van der Waals surface area contributed by atoms with Crippen LogP contribution in [-0.4, -0.2) is 39.8 Å². The Hall–Kier alpha value is -2.11. The molecule has 3 rings (SSSR count). The number of Topliss-reactive ketones (excluding diaryl/α,β-unsaturated/α-hetero) is 1. The topological polar surface area (TPSA) is 71.4 Å². The summed E-state index contributed by atoms with van der Waals surface area (Å²) in [6.07, 6.45) is 5.34. The van der Waals surface area contributed by atoms with Gasteiger partial charge in [-0.2, -0.15) is 0 Å². The van der Waals surface area contributed by atoms with Gasteiger partial charge in [0.2, 0.25) is 0 Å². The number of urea groups is 1. The second-order valence-electron chi connectivity index (χ2n) is 7.02. The van der Waals surface area contributed by atoms with E-state index in [1.165, 1.54) is 6.42 Å². The highest BCUT2D eigenvalue weighted by Crippen LogP contribution is 2.29. The number of carbonyl (C=O) groups excluding carboxylic acids is 3. The summed E-state index contributed by atoms with van der Waals surface area (Å²) in [7, 11) is 1.90. The number of ketones is 1. The Bertz CT molecular complexity index is 686. The van der Waals surface area contributed by atoms with Crippen molar-refractivity contribution in [2.45, 2.75) is 52.0 Å². The number of nitrogens with one attached hydrogen (secondary N) is 1. The third-order valence-electron chi connectivity index (χ3n) is 5.55. The molecule has 130 valence electrons. The smallest absolute Gasteiger partial charge is 0.325 e. The van der Waals surface area contributed by atoms with E-state index in [1.54, 1.807) is 0 Å². The first-order chi connectivity index (χ1) is 11.4. The first-order valence-corrected chi connectivity index (χ1v) is 8.68. The van der Waals surface area contributed by atoms with Crippen molar-refractivity contribution in [2.24, 2.45) is 13.0 Å². The van der Waals surface area contributed by atoms with Gasteiger partial charge < -0.3 is 9.88 Å². The lowest BCUT2D eigenvalue weighted by Gasteiger charge is -2.25. The van der Waals surface area contributed by atoms with Gasteiger partial charge in [-0.15, -0.1) is 0 Å². The normalized spacial score (nSPS) is 22.1. The van der Waals surface area contributed by atoms with Crippen molar-refractivity contribution in [1.29, 1.82) is 0 Å². The molecule has 0 unspecified atom stereocenters. The Kier molecular flexibility index (Phi) is 4.47. The van der Waals surface area contributed by atoms with Gasteiger partial charge in [-0.05, 0) is 38.7 Å². The second-order valence-corrected chi connectivity index (χ2v) is 7.02. The Labute approximate surface area is 142 Å². The Morgan fingerprint density at radius 3 is 2.46 bits per heavy atom. The molecule has 0 aromatic carbocycles. The molecule has 6 heteroatoms. The van der Waals surface area contributed by atoms with Gasteiger partial charge in [-0.1, -0.05) is 19.3 Å². The molecule has 1 N–H and O–H groups in total. The van der Waals surface area contributed by atoms with Gasteiger partial charge in [-0.3, -0.25) is 14.5 Å². The van der Waals surface area contributed by atoms with Crippen molar-refractivity contribution in [2.75, 3.05) is 6.54 Å². The first kappa shape index (κ1) is 16.7.